The SMILES string of the molecule is Cn1nncc1-c1ccc(NC(=O)C(Cc2cc(Br)ccc2Cl)NC(=O)OC(C)(C)C)cc1. The van der Waals surface area contributed by atoms with Crippen LogP contribution in [0.4, 0.5) is 10.5 Å². The topological polar surface area (TPSA) is 98.1 Å². The van der Waals surface area contributed by atoms with Gasteiger partial charge in [0.15, 0.2) is 0 Å². The lowest BCUT2D eigenvalue weighted by Crippen LogP contribution is -2.47. The van der Waals surface area contributed by atoms with Gasteiger partial charge < -0.3 is 15.4 Å². The third-order valence-corrected chi connectivity index (χ3v) is 5.46. The number of hydrogen-bond acceptors (Lipinski definition) is 5. The van der Waals surface area contributed by atoms with Gasteiger partial charge in [0, 0.05) is 34.2 Å². The molecule has 8 nitrogen and oxygen atoms in total. The Bertz CT molecular complexity index is 1140. The van der Waals surface area contributed by atoms with E-state index in [1.165, 1.54) is 0 Å². The molecule has 0 radical (unpaired) electrons. The number of nitrogens with one attached hydrogen (secondary N) is 2. The fourth-order valence-corrected chi connectivity index (χ4v) is 3.69. The number of carbonyl (C=O) groups is 2. The number of benzene rings is 2. The molecule has 0 saturated heterocycles. The maximum Gasteiger partial charge on any atom is 0.408 e. The molecular weight excluding hydrogens is 510 g/mol. The molecule has 1 unspecified atom stereocenters. The van der Waals surface area contributed by atoms with E-state index in [1.54, 1.807) is 56.9 Å². The van der Waals surface area contributed by atoms with Crippen LogP contribution in [0.1, 0.15) is 26.3 Å². The standard InChI is InChI=1S/C23H25BrClN5O3/c1-23(2,3)33-22(32)28-19(12-15-11-16(24)7-10-18(15)25)21(31)27-17-8-5-14(6-9-17)20-13-26-29-30(20)4/h5-11,13,19H,12H2,1-4H3,(H,27,31)(H,28,32). The molecule has 10 heteroatoms. The van der Waals surface area contributed by atoms with Gasteiger partial charge in [0.1, 0.15) is 11.6 Å². The maximum atomic E-state index is 13.1. The number of ether oxygens (including phenoxy) is 1. The zero-order chi connectivity index (χ0) is 24.2. The van der Waals surface area contributed by atoms with Crippen LogP contribution in [0.2, 0.25) is 5.02 Å². The normalized spacial score (nSPS) is 12.2. The molecule has 1 atom stereocenters. The molecule has 2 amide bonds. The molecule has 2 N–H and O–H groups in total. The number of anilines is 1. The summed E-state index contributed by atoms with van der Waals surface area (Å²) in [5.74, 6) is -0.396. The first kappa shape index (κ1) is 24.7. The highest BCUT2D eigenvalue weighted by Gasteiger charge is 2.26. The zero-order valence-corrected chi connectivity index (χ0v) is 21.1. The molecule has 1 heterocycles. The van der Waals surface area contributed by atoms with E-state index in [1.807, 2.05) is 24.3 Å². The van der Waals surface area contributed by atoms with Gasteiger partial charge in [-0.1, -0.05) is 44.9 Å². The summed E-state index contributed by atoms with van der Waals surface area (Å²) >= 11 is 9.73. The van der Waals surface area contributed by atoms with Crippen molar-refractivity contribution in [2.24, 2.45) is 7.05 Å². The Hall–Kier alpha value is -2.91. The Labute approximate surface area is 205 Å². The van der Waals surface area contributed by atoms with Crippen LogP contribution in [0.5, 0.6) is 0 Å². The summed E-state index contributed by atoms with van der Waals surface area (Å²) in [4.78, 5) is 25.5. The molecule has 2 aromatic carbocycles. The van der Waals surface area contributed by atoms with Crippen LogP contribution in [0.25, 0.3) is 11.3 Å². The van der Waals surface area contributed by atoms with Crippen LogP contribution < -0.4 is 10.6 Å². The highest BCUT2D eigenvalue weighted by Crippen LogP contribution is 2.24. The molecule has 0 aliphatic carbocycles. The van der Waals surface area contributed by atoms with Crippen molar-refractivity contribution < 1.29 is 14.3 Å². The Morgan fingerprint density at radius 3 is 2.48 bits per heavy atom. The van der Waals surface area contributed by atoms with Crippen molar-refractivity contribution in [3.05, 3.63) is 63.7 Å². The number of aromatic nitrogens is 3. The summed E-state index contributed by atoms with van der Waals surface area (Å²) in [5.41, 5.74) is 2.35. The van der Waals surface area contributed by atoms with Crippen LogP contribution in [-0.2, 0) is 23.0 Å². The average molecular weight is 535 g/mol. The highest BCUT2D eigenvalue weighted by atomic mass is 79.9. The van der Waals surface area contributed by atoms with Gasteiger partial charge in [-0.25, -0.2) is 9.48 Å². The van der Waals surface area contributed by atoms with Gasteiger partial charge >= 0.3 is 6.09 Å². The molecule has 174 valence electrons. The Morgan fingerprint density at radius 1 is 1.18 bits per heavy atom. The number of halogens is 2. The minimum absolute atomic E-state index is 0.183. The van der Waals surface area contributed by atoms with Gasteiger partial charge in [-0.3, -0.25) is 4.79 Å². The summed E-state index contributed by atoms with van der Waals surface area (Å²) in [6.07, 6.45) is 1.16. The van der Waals surface area contributed by atoms with E-state index in [-0.39, 0.29) is 6.42 Å². The summed E-state index contributed by atoms with van der Waals surface area (Å²) in [5, 5.41) is 13.8. The fourth-order valence-electron chi connectivity index (χ4n) is 3.08. The number of carbonyl (C=O) groups excluding carboxylic acids is 2. The van der Waals surface area contributed by atoms with Crippen LogP contribution in [0, 0.1) is 0 Å². The Kier molecular flexibility index (Phi) is 7.76. The monoisotopic (exact) mass is 533 g/mol. The van der Waals surface area contributed by atoms with Crippen LogP contribution in [0.15, 0.2) is 53.1 Å². The molecule has 0 saturated carbocycles. The lowest BCUT2D eigenvalue weighted by Gasteiger charge is -2.23. The van der Waals surface area contributed by atoms with Crippen molar-refractivity contribution in [3.8, 4) is 11.3 Å². The molecule has 33 heavy (non-hydrogen) atoms. The van der Waals surface area contributed by atoms with Gasteiger partial charge in [0.2, 0.25) is 5.91 Å². The van der Waals surface area contributed by atoms with Crippen molar-refractivity contribution in [1.29, 1.82) is 0 Å². The average Bonchev–Trinajstić information content (AvgIpc) is 3.15. The molecule has 0 fully saturated rings. The fraction of sp³-hybridized carbons (Fsp3) is 0.304. The van der Waals surface area contributed by atoms with Crippen molar-refractivity contribution in [1.82, 2.24) is 20.3 Å². The van der Waals surface area contributed by atoms with Crippen molar-refractivity contribution in [2.75, 3.05) is 5.32 Å². The van der Waals surface area contributed by atoms with Gasteiger partial charge in [0.25, 0.3) is 0 Å². The van der Waals surface area contributed by atoms with Crippen molar-refractivity contribution >= 4 is 45.2 Å². The van der Waals surface area contributed by atoms with E-state index in [9.17, 15) is 9.59 Å². The molecule has 0 aliphatic heterocycles. The van der Waals surface area contributed by atoms with Gasteiger partial charge in [-0.2, -0.15) is 0 Å². The number of hydrogen-bond donors (Lipinski definition) is 2. The van der Waals surface area contributed by atoms with Gasteiger partial charge in [-0.05, 0) is 56.7 Å². The second-order valence-electron chi connectivity index (χ2n) is 8.45. The molecular formula is C23H25BrClN5O3. The van der Waals surface area contributed by atoms with Crippen LogP contribution >= 0.6 is 27.5 Å². The number of rotatable bonds is 6. The van der Waals surface area contributed by atoms with Gasteiger partial charge in [-0.15, -0.1) is 5.10 Å². The quantitative estimate of drug-likeness (QED) is 0.465. The predicted molar refractivity (Wildman–Crippen MR) is 131 cm³/mol. The summed E-state index contributed by atoms with van der Waals surface area (Å²) in [6, 6.07) is 11.7. The van der Waals surface area contributed by atoms with E-state index in [4.69, 9.17) is 16.3 Å². The van der Waals surface area contributed by atoms with Gasteiger partial charge in [0.05, 0.1) is 11.9 Å². The number of aryl methyl sites for hydroxylation is 1. The Morgan fingerprint density at radius 2 is 1.88 bits per heavy atom. The lowest BCUT2D eigenvalue weighted by atomic mass is 10.0. The van der Waals surface area contributed by atoms with E-state index < -0.39 is 23.6 Å². The third-order valence-electron chi connectivity index (χ3n) is 4.60. The first-order valence-electron chi connectivity index (χ1n) is 10.2. The van der Waals surface area contributed by atoms with E-state index in [2.05, 4.69) is 36.9 Å². The smallest absolute Gasteiger partial charge is 0.408 e. The van der Waals surface area contributed by atoms with Crippen molar-refractivity contribution in [3.63, 3.8) is 0 Å². The molecule has 0 bridgehead atoms. The first-order valence-corrected chi connectivity index (χ1v) is 11.4. The van der Waals surface area contributed by atoms with Crippen LogP contribution in [0.3, 0.4) is 0 Å². The number of amides is 2. The molecule has 0 aliphatic rings. The minimum atomic E-state index is -0.910. The van der Waals surface area contributed by atoms with E-state index in [0.717, 1.165) is 15.7 Å². The molecule has 3 aromatic rings. The number of nitrogens with zero attached hydrogens (tertiary/aromatic N) is 3. The summed E-state index contributed by atoms with van der Waals surface area (Å²) in [7, 11) is 1.80. The Balaban J connectivity index is 1.78. The van der Waals surface area contributed by atoms with E-state index >= 15 is 0 Å². The lowest BCUT2D eigenvalue weighted by molar-refractivity contribution is -0.118. The highest BCUT2D eigenvalue weighted by molar-refractivity contribution is 9.10. The third kappa shape index (κ3) is 7.03. The second-order valence-corrected chi connectivity index (χ2v) is 9.77. The van der Waals surface area contributed by atoms with Crippen LogP contribution in [-0.4, -0.2) is 38.6 Å². The predicted octanol–water partition coefficient (Wildman–Crippen LogP) is 4.97. The molecule has 1 aromatic heterocycles. The largest absolute Gasteiger partial charge is 0.444 e. The molecule has 3 rings (SSSR count). The van der Waals surface area contributed by atoms with Crippen molar-refractivity contribution in [2.45, 2.75) is 38.8 Å². The summed E-state index contributed by atoms with van der Waals surface area (Å²) < 4.78 is 7.82. The summed E-state index contributed by atoms with van der Waals surface area (Å²) in [6.45, 7) is 5.27. The second kappa shape index (κ2) is 10.4. The minimum Gasteiger partial charge on any atom is -0.444 e. The zero-order valence-electron chi connectivity index (χ0n) is 18.7. The number of alkyl carbamates (subject to hydrolysis) is 1. The maximum absolute atomic E-state index is 13.1. The van der Waals surface area contributed by atoms with E-state index in [0.29, 0.717) is 16.3 Å². The first-order chi connectivity index (χ1) is 15.5. The molecule has 0 spiro atoms.